The smallest absolute Gasteiger partial charge is 0.342 e. The Kier molecular flexibility index (Phi) is 5.24. The first-order valence-corrected chi connectivity index (χ1v) is 8.12. The van der Waals surface area contributed by atoms with Crippen LogP contribution in [0.5, 0.6) is 0 Å². The predicted octanol–water partition coefficient (Wildman–Crippen LogP) is 2.15. The third-order valence-electron chi connectivity index (χ3n) is 4.12. The van der Waals surface area contributed by atoms with E-state index in [1.54, 1.807) is 9.80 Å². The number of hydrogen-bond acceptors (Lipinski definition) is 5. The predicted molar refractivity (Wildman–Crippen MR) is 90.3 cm³/mol. The Hall–Kier alpha value is -3.17. The maximum absolute atomic E-state index is 13.0. The Balaban J connectivity index is 1.70. The molecule has 0 aliphatic carbocycles. The van der Waals surface area contributed by atoms with Gasteiger partial charge in [-0.05, 0) is 12.1 Å². The van der Waals surface area contributed by atoms with Crippen LogP contribution in [-0.2, 0) is 11.0 Å². The van der Waals surface area contributed by atoms with Gasteiger partial charge in [0.2, 0.25) is 6.41 Å². The van der Waals surface area contributed by atoms with Crippen molar-refractivity contribution >= 4 is 23.8 Å². The third kappa shape index (κ3) is 4.33. The van der Waals surface area contributed by atoms with Crippen molar-refractivity contribution in [1.29, 1.82) is 0 Å². The van der Waals surface area contributed by atoms with Gasteiger partial charge in [-0.15, -0.1) is 0 Å². The van der Waals surface area contributed by atoms with Crippen LogP contribution in [0.25, 0.3) is 0 Å². The van der Waals surface area contributed by atoms with Crippen LogP contribution in [-0.4, -0.2) is 58.3 Å². The lowest BCUT2D eigenvalue weighted by molar-refractivity contribution is -0.137. The van der Waals surface area contributed by atoms with Gasteiger partial charge in [-0.25, -0.2) is 9.97 Å². The zero-order chi connectivity index (χ0) is 19.4. The van der Waals surface area contributed by atoms with E-state index in [-0.39, 0.29) is 23.1 Å². The highest BCUT2D eigenvalue weighted by atomic mass is 19.4. The lowest BCUT2D eigenvalue weighted by atomic mass is 10.1. The molecule has 2 amide bonds. The standard InChI is InChI=1S/C17H16F3N5O2/c18-17(19,20)12-3-1-2-4-13(12)23-15-10-21-14(9-22-15)16(27)25-7-5-24(11-26)6-8-25/h1-4,9-11H,5-8H2,(H,22,23). The number of amides is 2. The van der Waals surface area contributed by atoms with Crippen LogP contribution < -0.4 is 5.32 Å². The summed E-state index contributed by atoms with van der Waals surface area (Å²) in [6, 6.07) is 5.02. The number of benzene rings is 1. The molecule has 0 saturated carbocycles. The van der Waals surface area contributed by atoms with Crippen molar-refractivity contribution in [1.82, 2.24) is 19.8 Å². The van der Waals surface area contributed by atoms with E-state index in [0.717, 1.165) is 12.5 Å². The highest BCUT2D eigenvalue weighted by Gasteiger charge is 2.33. The molecular weight excluding hydrogens is 363 g/mol. The van der Waals surface area contributed by atoms with E-state index in [1.165, 1.54) is 30.6 Å². The van der Waals surface area contributed by atoms with Gasteiger partial charge in [0, 0.05) is 26.2 Å². The summed E-state index contributed by atoms with van der Waals surface area (Å²) in [5, 5.41) is 2.57. The number of rotatable bonds is 4. The van der Waals surface area contributed by atoms with E-state index in [0.29, 0.717) is 26.2 Å². The summed E-state index contributed by atoms with van der Waals surface area (Å²) in [5.41, 5.74) is -0.882. The normalized spacial score (nSPS) is 14.8. The quantitative estimate of drug-likeness (QED) is 0.824. The molecule has 0 unspecified atom stereocenters. The number of anilines is 2. The molecule has 7 nitrogen and oxygen atoms in total. The van der Waals surface area contributed by atoms with Crippen molar-refractivity contribution in [2.24, 2.45) is 0 Å². The van der Waals surface area contributed by atoms with Crippen LogP contribution in [0.15, 0.2) is 36.7 Å². The first-order valence-electron chi connectivity index (χ1n) is 8.12. The molecule has 27 heavy (non-hydrogen) atoms. The second kappa shape index (κ2) is 7.60. The van der Waals surface area contributed by atoms with Gasteiger partial charge in [-0.3, -0.25) is 9.59 Å². The van der Waals surface area contributed by atoms with Crippen LogP contribution in [0.2, 0.25) is 0 Å². The van der Waals surface area contributed by atoms with E-state index in [2.05, 4.69) is 15.3 Å². The van der Waals surface area contributed by atoms with E-state index in [4.69, 9.17) is 0 Å². The number of para-hydroxylation sites is 1. The van der Waals surface area contributed by atoms with Crippen molar-refractivity contribution in [3.05, 3.63) is 47.9 Å². The molecule has 0 spiro atoms. The number of carbonyl (C=O) groups is 2. The zero-order valence-electron chi connectivity index (χ0n) is 14.1. The number of halogens is 3. The number of aromatic nitrogens is 2. The number of alkyl halides is 3. The molecule has 0 radical (unpaired) electrons. The van der Waals surface area contributed by atoms with Gasteiger partial charge in [0.25, 0.3) is 5.91 Å². The summed E-state index contributed by atoms with van der Waals surface area (Å²) < 4.78 is 39.1. The minimum Gasteiger partial charge on any atom is -0.342 e. The molecule has 1 saturated heterocycles. The molecular formula is C17H16F3N5O2. The van der Waals surface area contributed by atoms with E-state index < -0.39 is 11.7 Å². The van der Waals surface area contributed by atoms with Crippen molar-refractivity contribution in [3.8, 4) is 0 Å². The molecule has 10 heteroatoms. The van der Waals surface area contributed by atoms with Gasteiger partial charge in [-0.2, -0.15) is 13.2 Å². The number of nitrogens with one attached hydrogen (secondary N) is 1. The fourth-order valence-corrected chi connectivity index (χ4v) is 2.67. The number of piperazine rings is 1. The molecule has 1 fully saturated rings. The average Bonchev–Trinajstić information content (AvgIpc) is 2.68. The minimum atomic E-state index is -4.50. The van der Waals surface area contributed by atoms with Gasteiger partial charge >= 0.3 is 6.18 Å². The first kappa shape index (κ1) is 18.6. The van der Waals surface area contributed by atoms with E-state index in [9.17, 15) is 22.8 Å². The Morgan fingerprint density at radius 3 is 2.37 bits per heavy atom. The molecule has 2 heterocycles. The van der Waals surface area contributed by atoms with Crippen LogP contribution in [0.4, 0.5) is 24.7 Å². The maximum Gasteiger partial charge on any atom is 0.418 e. The summed E-state index contributed by atoms with van der Waals surface area (Å²) in [6.07, 6.45) is -1.34. The van der Waals surface area contributed by atoms with Crippen molar-refractivity contribution in [3.63, 3.8) is 0 Å². The summed E-state index contributed by atoms with van der Waals surface area (Å²) in [4.78, 5) is 34.2. The molecule has 1 aromatic heterocycles. The zero-order valence-corrected chi connectivity index (χ0v) is 14.1. The second-order valence-electron chi connectivity index (χ2n) is 5.89. The maximum atomic E-state index is 13.0. The molecule has 1 aliphatic heterocycles. The van der Waals surface area contributed by atoms with Gasteiger partial charge in [0.15, 0.2) is 0 Å². The SMILES string of the molecule is O=CN1CCN(C(=O)c2cnc(Nc3ccccc3C(F)(F)F)cn2)CC1. The topological polar surface area (TPSA) is 78.4 Å². The average molecular weight is 379 g/mol. The van der Waals surface area contributed by atoms with Crippen LogP contribution in [0, 0.1) is 0 Å². The molecule has 1 aliphatic rings. The van der Waals surface area contributed by atoms with E-state index in [1.807, 2.05) is 0 Å². The highest BCUT2D eigenvalue weighted by molar-refractivity contribution is 5.92. The van der Waals surface area contributed by atoms with Gasteiger partial charge < -0.3 is 15.1 Å². The Bertz CT molecular complexity index is 818. The Labute approximate surface area is 152 Å². The van der Waals surface area contributed by atoms with Gasteiger partial charge in [-0.1, -0.05) is 12.1 Å². The first-order chi connectivity index (χ1) is 12.9. The second-order valence-corrected chi connectivity index (χ2v) is 5.89. The molecule has 0 atom stereocenters. The number of hydrogen-bond donors (Lipinski definition) is 1. The Morgan fingerprint density at radius 1 is 1.07 bits per heavy atom. The number of carbonyl (C=O) groups excluding carboxylic acids is 2. The summed E-state index contributed by atoms with van der Waals surface area (Å²) >= 11 is 0. The third-order valence-corrected chi connectivity index (χ3v) is 4.12. The lowest BCUT2D eigenvalue weighted by Gasteiger charge is -2.32. The van der Waals surface area contributed by atoms with Crippen molar-refractivity contribution < 1.29 is 22.8 Å². The van der Waals surface area contributed by atoms with E-state index >= 15 is 0 Å². The number of nitrogens with zero attached hydrogens (tertiary/aromatic N) is 4. The summed E-state index contributed by atoms with van der Waals surface area (Å²) in [6.45, 7) is 1.66. The largest absolute Gasteiger partial charge is 0.418 e. The molecule has 0 bridgehead atoms. The molecule has 142 valence electrons. The van der Waals surface area contributed by atoms with Gasteiger partial charge in [0.05, 0.1) is 23.6 Å². The minimum absolute atomic E-state index is 0.0872. The monoisotopic (exact) mass is 379 g/mol. The van der Waals surface area contributed by atoms with Crippen LogP contribution in [0.3, 0.4) is 0 Å². The van der Waals surface area contributed by atoms with Crippen LogP contribution in [0.1, 0.15) is 16.1 Å². The van der Waals surface area contributed by atoms with Crippen molar-refractivity contribution in [2.75, 3.05) is 31.5 Å². The molecule has 2 aromatic rings. The summed E-state index contributed by atoms with van der Waals surface area (Å²) in [7, 11) is 0. The Morgan fingerprint density at radius 2 is 1.78 bits per heavy atom. The fourth-order valence-electron chi connectivity index (χ4n) is 2.67. The molecule has 1 aromatic carbocycles. The fraction of sp³-hybridized carbons (Fsp3) is 0.294. The highest BCUT2D eigenvalue weighted by Crippen LogP contribution is 2.35. The molecule has 3 rings (SSSR count). The van der Waals surface area contributed by atoms with Crippen molar-refractivity contribution in [2.45, 2.75) is 6.18 Å². The van der Waals surface area contributed by atoms with Gasteiger partial charge in [0.1, 0.15) is 11.5 Å². The summed E-state index contributed by atoms with van der Waals surface area (Å²) in [5.74, 6) is -0.246. The lowest BCUT2D eigenvalue weighted by Crippen LogP contribution is -2.48. The van der Waals surface area contributed by atoms with Crippen LogP contribution >= 0.6 is 0 Å². The molecule has 1 N–H and O–H groups in total.